The second kappa shape index (κ2) is 14.1. The van der Waals surface area contributed by atoms with Gasteiger partial charge in [-0.05, 0) is 82.3 Å². The van der Waals surface area contributed by atoms with E-state index in [1.54, 1.807) is 28.1 Å². The molecule has 0 saturated carbocycles. The van der Waals surface area contributed by atoms with Crippen molar-refractivity contribution in [2.75, 3.05) is 19.7 Å². The first-order valence-corrected chi connectivity index (χ1v) is 17.8. The predicted molar refractivity (Wildman–Crippen MR) is 188 cm³/mol. The molecule has 0 unspecified atom stereocenters. The molecular weight excluding hydrogens is 686 g/mol. The summed E-state index contributed by atoms with van der Waals surface area (Å²) in [6, 6.07) is 10.7. The maximum absolute atomic E-state index is 14.1. The number of thiophene rings is 1. The number of pyridine rings is 1. The Morgan fingerprint density at radius 2 is 1.82 bits per heavy atom. The fourth-order valence-electron chi connectivity index (χ4n) is 7.07. The molecule has 2 aliphatic rings. The number of likely N-dealkylation sites (tertiary alicyclic amines) is 1. The number of carbonyl (C=O) groups is 1. The van der Waals surface area contributed by atoms with Crippen LogP contribution in [0.25, 0.3) is 21.3 Å². The van der Waals surface area contributed by atoms with E-state index in [-0.39, 0.29) is 42.2 Å². The summed E-state index contributed by atoms with van der Waals surface area (Å²) in [4.78, 5) is 37.4. The third-order valence-electron chi connectivity index (χ3n) is 9.56. The quantitative estimate of drug-likeness (QED) is 0.170. The van der Waals surface area contributed by atoms with Crippen LogP contribution in [-0.4, -0.2) is 62.4 Å². The average Bonchev–Trinajstić information content (AvgIpc) is 3.52. The summed E-state index contributed by atoms with van der Waals surface area (Å²) in [6.07, 6.45) is 3.45. The Kier molecular flexibility index (Phi) is 9.60. The highest BCUT2D eigenvalue weighted by atomic mass is 35.5. The molecular formula is C37H35ClF2N4O5S. The van der Waals surface area contributed by atoms with E-state index in [1.165, 1.54) is 23.5 Å². The van der Waals surface area contributed by atoms with Gasteiger partial charge in [0, 0.05) is 58.0 Å². The fraction of sp³-hybridized carbons (Fsp3) is 0.351. The minimum atomic E-state index is -1.04. The highest BCUT2D eigenvalue weighted by Gasteiger charge is 2.31. The molecule has 50 heavy (non-hydrogen) atoms. The first kappa shape index (κ1) is 34.1. The number of piperidine rings is 1. The van der Waals surface area contributed by atoms with Gasteiger partial charge in [0.2, 0.25) is 0 Å². The van der Waals surface area contributed by atoms with Crippen molar-refractivity contribution in [3.05, 3.63) is 103 Å². The van der Waals surface area contributed by atoms with Gasteiger partial charge in [-0.25, -0.2) is 18.6 Å². The standard InChI is InChI=1S/C37H35ClF2N4O5S/c1-20-15-27(35-34(41-20)29(19-50-35)37(46)47)26-16-22(38)3-7-32(26)48-14-13-44-21(2)42-31-6-5-24(18-28(31)36(44)45)43-11-9-25(10-12-43)49-33-8-4-23(39)17-30(33)40/h3-4,7-8,15-17,19,24-25H,5-6,9-14,18H2,1-2H3,(H,46,47)/t24-/m0/s1. The van der Waals surface area contributed by atoms with Crippen LogP contribution >= 0.6 is 22.9 Å². The van der Waals surface area contributed by atoms with Gasteiger partial charge in [-0.1, -0.05) is 11.6 Å². The highest BCUT2D eigenvalue weighted by molar-refractivity contribution is 7.18. The minimum Gasteiger partial charge on any atom is -0.491 e. The first-order valence-electron chi connectivity index (χ1n) is 16.6. The SMILES string of the molecule is Cc1cc(-c2cc(Cl)ccc2OCCn2c(C)nc3c(c2=O)C[C@@H](N2CCC(Oc4ccc(F)cc4F)CC2)CC3)c2scc(C(=O)O)c2n1. The Labute approximate surface area is 296 Å². The number of hydrogen-bond donors (Lipinski definition) is 1. The van der Waals surface area contributed by atoms with Gasteiger partial charge < -0.3 is 14.6 Å². The van der Waals surface area contributed by atoms with Crippen molar-refractivity contribution in [2.45, 2.75) is 64.6 Å². The van der Waals surface area contributed by atoms with Gasteiger partial charge in [-0.2, -0.15) is 0 Å². The van der Waals surface area contributed by atoms with E-state index in [1.807, 2.05) is 19.9 Å². The van der Waals surface area contributed by atoms with Gasteiger partial charge in [0.25, 0.3) is 5.56 Å². The molecule has 1 fully saturated rings. The summed E-state index contributed by atoms with van der Waals surface area (Å²) < 4.78 is 41.9. The molecule has 1 aliphatic carbocycles. The van der Waals surface area contributed by atoms with Crippen LogP contribution in [0.5, 0.6) is 11.5 Å². The topological polar surface area (TPSA) is 107 Å². The molecule has 260 valence electrons. The normalized spacial score (nSPS) is 16.8. The zero-order valence-electron chi connectivity index (χ0n) is 27.5. The molecule has 1 aliphatic heterocycles. The van der Waals surface area contributed by atoms with E-state index in [4.69, 9.17) is 26.1 Å². The molecule has 7 rings (SSSR count). The van der Waals surface area contributed by atoms with E-state index in [0.717, 1.165) is 47.1 Å². The molecule has 4 heterocycles. The molecule has 1 N–H and O–H groups in total. The van der Waals surface area contributed by atoms with E-state index < -0.39 is 17.6 Å². The maximum atomic E-state index is 14.1. The third kappa shape index (κ3) is 6.84. The van der Waals surface area contributed by atoms with Crippen LogP contribution in [0, 0.1) is 25.5 Å². The minimum absolute atomic E-state index is 0.0617. The van der Waals surface area contributed by atoms with Gasteiger partial charge >= 0.3 is 5.97 Å². The van der Waals surface area contributed by atoms with Gasteiger partial charge in [-0.3, -0.25) is 19.2 Å². The van der Waals surface area contributed by atoms with Crippen LogP contribution < -0.4 is 15.0 Å². The van der Waals surface area contributed by atoms with Crippen molar-refractivity contribution < 1.29 is 28.2 Å². The summed E-state index contributed by atoms with van der Waals surface area (Å²) in [5.41, 5.74) is 4.23. The molecule has 0 radical (unpaired) electrons. The molecule has 1 saturated heterocycles. The number of nitrogens with zero attached hydrogens (tertiary/aromatic N) is 4. The largest absolute Gasteiger partial charge is 0.491 e. The van der Waals surface area contributed by atoms with E-state index in [9.17, 15) is 23.5 Å². The van der Waals surface area contributed by atoms with Gasteiger partial charge in [0.05, 0.1) is 28.0 Å². The lowest BCUT2D eigenvalue weighted by Gasteiger charge is -2.39. The maximum Gasteiger partial charge on any atom is 0.338 e. The van der Waals surface area contributed by atoms with Crippen LogP contribution in [0.2, 0.25) is 5.02 Å². The molecule has 1 atom stereocenters. The number of aromatic nitrogens is 3. The predicted octanol–water partition coefficient (Wildman–Crippen LogP) is 7.25. The Balaban J connectivity index is 1.04. The van der Waals surface area contributed by atoms with Crippen LogP contribution in [0.1, 0.15) is 52.4 Å². The summed E-state index contributed by atoms with van der Waals surface area (Å²) in [5.74, 6) is -1.12. The number of carboxylic acids is 1. The number of aryl methyl sites for hydroxylation is 3. The van der Waals surface area contributed by atoms with Gasteiger partial charge in [0.1, 0.15) is 30.1 Å². The number of fused-ring (bicyclic) bond motifs is 2. The molecule has 0 spiro atoms. The van der Waals surface area contributed by atoms with Crippen molar-refractivity contribution in [3.8, 4) is 22.6 Å². The summed E-state index contributed by atoms with van der Waals surface area (Å²) in [5, 5.41) is 11.8. The lowest BCUT2D eigenvalue weighted by molar-refractivity contribution is 0.0680. The number of halogens is 3. The lowest BCUT2D eigenvalue weighted by Crippen LogP contribution is -2.47. The zero-order valence-corrected chi connectivity index (χ0v) is 29.1. The van der Waals surface area contributed by atoms with Crippen LogP contribution in [0.3, 0.4) is 0 Å². The van der Waals surface area contributed by atoms with Crippen molar-refractivity contribution in [3.63, 3.8) is 0 Å². The average molecular weight is 721 g/mol. The molecule has 13 heteroatoms. The van der Waals surface area contributed by atoms with E-state index >= 15 is 0 Å². The lowest BCUT2D eigenvalue weighted by atomic mass is 9.90. The Morgan fingerprint density at radius 3 is 2.58 bits per heavy atom. The van der Waals surface area contributed by atoms with Crippen molar-refractivity contribution in [2.24, 2.45) is 0 Å². The summed E-state index contributed by atoms with van der Waals surface area (Å²) >= 11 is 7.73. The smallest absolute Gasteiger partial charge is 0.338 e. The molecule has 9 nitrogen and oxygen atoms in total. The van der Waals surface area contributed by atoms with Crippen LogP contribution in [-0.2, 0) is 19.4 Å². The van der Waals surface area contributed by atoms with Crippen LogP contribution in [0.4, 0.5) is 8.78 Å². The van der Waals surface area contributed by atoms with E-state index in [0.29, 0.717) is 59.1 Å². The van der Waals surface area contributed by atoms with Gasteiger partial charge in [0.15, 0.2) is 11.6 Å². The molecule has 3 aromatic heterocycles. The van der Waals surface area contributed by atoms with Crippen molar-refractivity contribution in [1.29, 1.82) is 0 Å². The third-order valence-corrected chi connectivity index (χ3v) is 10.8. The number of hydrogen-bond acceptors (Lipinski definition) is 8. The molecule has 2 aromatic carbocycles. The zero-order chi connectivity index (χ0) is 35.1. The second-order valence-corrected chi connectivity index (χ2v) is 14.1. The number of benzene rings is 2. The molecule has 5 aromatic rings. The second-order valence-electron chi connectivity index (χ2n) is 12.8. The van der Waals surface area contributed by atoms with Crippen LogP contribution in [0.15, 0.2) is 52.6 Å². The number of rotatable bonds is 9. The first-order chi connectivity index (χ1) is 24.0. The molecule has 0 bridgehead atoms. The van der Waals surface area contributed by atoms with E-state index in [2.05, 4.69) is 9.88 Å². The number of aromatic carboxylic acids is 1. The number of ether oxygens (including phenoxy) is 2. The van der Waals surface area contributed by atoms with Gasteiger partial charge in [-0.15, -0.1) is 11.3 Å². The molecule has 0 amide bonds. The highest BCUT2D eigenvalue weighted by Crippen LogP contribution is 2.40. The summed E-state index contributed by atoms with van der Waals surface area (Å²) in [7, 11) is 0. The van der Waals surface area contributed by atoms with Crippen molar-refractivity contribution in [1.82, 2.24) is 19.4 Å². The monoisotopic (exact) mass is 720 g/mol. The number of carboxylic acid groups (broad SMARTS) is 1. The Hall–Kier alpha value is -4.39. The fourth-order valence-corrected chi connectivity index (χ4v) is 8.25. The summed E-state index contributed by atoms with van der Waals surface area (Å²) in [6.45, 7) is 5.64. The Bertz CT molecular complexity index is 2160. The van der Waals surface area contributed by atoms with Crippen molar-refractivity contribution >= 4 is 39.1 Å². The Morgan fingerprint density at radius 1 is 1.04 bits per heavy atom.